The molecule has 2 atom stereocenters. The minimum atomic E-state index is -0.702. The highest BCUT2D eigenvalue weighted by Gasteiger charge is 2.29. The zero-order chi connectivity index (χ0) is 32.2. The van der Waals surface area contributed by atoms with Crippen molar-refractivity contribution in [1.29, 1.82) is 0 Å². The quantitative estimate of drug-likeness (QED) is 0.229. The second kappa shape index (κ2) is 13.4. The molecule has 1 N–H and O–H groups in total. The Kier molecular flexibility index (Phi) is 9.38. The fourth-order valence-corrected chi connectivity index (χ4v) is 5.48. The Morgan fingerprint density at radius 3 is 2.33 bits per heavy atom. The summed E-state index contributed by atoms with van der Waals surface area (Å²) in [5, 5.41) is 3.08. The Hall–Kier alpha value is -4.90. The molecule has 0 aliphatic carbocycles. The second-order valence-electron chi connectivity index (χ2n) is 11.3. The molecule has 11 heteroatoms. The van der Waals surface area contributed by atoms with Crippen LogP contribution in [0.1, 0.15) is 25.0 Å². The first-order valence-electron chi connectivity index (χ1n) is 14.8. The highest BCUT2D eigenvalue weighted by atomic mass is 19.1. The summed E-state index contributed by atoms with van der Waals surface area (Å²) in [5.74, 6) is 1.40. The molecule has 10 nitrogen and oxygen atoms in total. The van der Waals surface area contributed by atoms with Gasteiger partial charge in [0.05, 0.1) is 25.6 Å². The van der Waals surface area contributed by atoms with Gasteiger partial charge in [0.2, 0.25) is 5.95 Å². The molecule has 3 aromatic carbocycles. The SMILES string of the molecule is COc1ccc(N(C(=O)Oc2c(C)cccc2C)c2ccnc(Nc3ccc(N4C[C@@H](C)N(C)[C@@H](C)C4)c(F)c3)n2)c(OC)c1. The molecule has 0 saturated carbocycles. The van der Waals surface area contributed by atoms with Gasteiger partial charge in [0, 0.05) is 49.2 Å². The van der Waals surface area contributed by atoms with E-state index in [1.165, 1.54) is 24.3 Å². The number of methoxy groups -OCH3 is 2. The van der Waals surface area contributed by atoms with Crippen LogP contribution in [0.15, 0.2) is 66.9 Å². The Morgan fingerprint density at radius 2 is 1.69 bits per heavy atom. The highest BCUT2D eigenvalue weighted by molar-refractivity contribution is 5.98. The number of piperazine rings is 1. The van der Waals surface area contributed by atoms with Gasteiger partial charge in [-0.15, -0.1) is 0 Å². The molecular formula is C34H39FN6O4. The van der Waals surface area contributed by atoms with Crippen molar-refractivity contribution >= 4 is 34.9 Å². The molecule has 1 aliphatic heterocycles. The number of carbonyl (C=O) groups is 1. The van der Waals surface area contributed by atoms with Crippen molar-refractivity contribution in [3.63, 3.8) is 0 Å². The molecule has 236 valence electrons. The van der Waals surface area contributed by atoms with Crippen molar-refractivity contribution in [3.05, 3.63) is 83.8 Å². The first kappa shape index (κ1) is 31.5. The molecule has 1 amide bonds. The average molecular weight is 615 g/mol. The summed E-state index contributed by atoms with van der Waals surface area (Å²) in [6, 6.07) is 17.9. The number of para-hydroxylation sites is 1. The minimum Gasteiger partial charge on any atom is -0.497 e. The van der Waals surface area contributed by atoms with Gasteiger partial charge in [-0.2, -0.15) is 4.98 Å². The van der Waals surface area contributed by atoms with E-state index in [9.17, 15) is 4.79 Å². The van der Waals surface area contributed by atoms with Gasteiger partial charge >= 0.3 is 6.09 Å². The van der Waals surface area contributed by atoms with Crippen LogP contribution < -0.4 is 29.3 Å². The Labute approximate surface area is 263 Å². The number of rotatable bonds is 8. The molecule has 1 saturated heterocycles. The predicted molar refractivity (Wildman–Crippen MR) is 174 cm³/mol. The summed E-state index contributed by atoms with van der Waals surface area (Å²) >= 11 is 0. The number of benzene rings is 3. The number of ether oxygens (including phenoxy) is 3. The second-order valence-corrected chi connectivity index (χ2v) is 11.3. The van der Waals surface area contributed by atoms with E-state index in [2.05, 4.69) is 46.0 Å². The molecule has 0 unspecified atom stereocenters. The van der Waals surface area contributed by atoms with E-state index in [-0.39, 0.29) is 17.6 Å². The fourth-order valence-electron chi connectivity index (χ4n) is 5.48. The van der Waals surface area contributed by atoms with Crippen LogP contribution in [0.2, 0.25) is 0 Å². The molecule has 1 aromatic heterocycles. The lowest BCUT2D eigenvalue weighted by atomic mass is 10.1. The number of nitrogens with one attached hydrogen (secondary N) is 1. The van der Waals surface area contributed by atoms with Gasteiger partial charge in [0.1, 0.15) is 28.9 Å². The summed E-state index contributed by atoms with van der Waals surface area (Å²) in [7, 11) is 5.15. The molecule has 1 aliphatic rings. The summed E-state index contributed by atoms with van der Waals surface area (Å²) < 4.78 is 32.3. The number of amides is 1. The minimum absolute atomic E-state index is 0.166. The third-order valence-electron chi connectivity index (χ3n) is 8.18. The number of anilines is 5. The summed E-state index contributed by atoms with van der Waals surface area (Å²) in [5.41, 5.74) is 3.01. The van der Waals surface area contributed by atoms with Gasteiger partial charge in [0.25, 0.3) is 0 Å². The van der Waals surface area contributed by atoms with E-state index in [0.29, 0.717) is 46.4 Å². The van der Waals surface area contributed by atoms with Crippen LogP contribution >= 0.6 is 0 Å². The van der Waals surface area contributed by atoms with Crippen molar-refractivity contribution in [2.75, 3.05) is 49.5 Å². The zero-order valence-corrected chi connectivity index (χ0v) is 26.7. The van der Waals surface area contributed by atoms with E-state index in [1.807, 2.05) is 32.0 Å². The molecule has 1 fully saturated rings. The number of aryl methyl sites for hydroxylation is 2. The van der Waals surface area contributed by atoms with Crippen LogP contribution in [0.25, 0.3) is 0 Å². The number of carbonyl (C=O) groups excluding carboxylic acids is 1. The lowest BCUT2D eigenvalue weighted by molar-refractivity contribution is 0.169. The number of likely N-dealkylation sites (N-methyl/N-ethyl adjacent to an activating group) is 1. The van der Waals surface area contributed by atoms with Crippen LogP contribution in [0, 0.1) is 19.7 Å². The van der Waals surface area contributed by atoms with Crippen LogP contribution in [0.4, 0.5) is 38.0 Å². The molecule has 4 aromatic rings. The largest absolute Gasteiger partial charge is 0.497 e. The van der Waals surface area contributed by atoms with Crippen molar-refractivity contribution in [3.8, 4) is 17.2 Å². The van der Waals surface area contributed by atoms with Gasteiger partial charge in [-0.25, -0.2) is 19.1 Å². The van der Waals surface area contributed by atoms with Crippen LogP contribution in [0.5, 0.6) is 17.2 Å². The Bertz CT molecular complexity index is 1650. The molecule has 0 bridgehead atoms. The summed E-state index contributed by atoms with van der Waals surface area (Å²) in [4.78, 5) is 28.5. The van der Waals surface area contributed by atoms with Crippen molar-refractivity contribution in [1.82, 2.24) is 14.9 Å². The van der Waals surface area contributed by atoms with Gasteiger partial charge in [-0.3, -0.25) is 4.90 Å². The van der Waals surface area contributed by atoms with Crippen LogP contribution in [-0.2, 0) is 0 Å². The van der Waals surface area contributed by atoms with Crippen LogP contribution in [0.3, 0.4) is 0 Å². The standard InChI is InChI=1S/C34H39FN6O4/c1-21-9-8-10-22(2)32(21)45-34(42)41(29-14-12-26(43-6)18-30(29)44-7)31-15-16-36-33(38-31)37-25-11-13-28(27(35)17-25)40-19-23(3)39(5)24(4)20-40/h8-18,23-24H,19-20H2,1-7H3,(H,36,37,38)/t23-,24+. The summed E-state index contributed by atoms with van der Waals surface area (Å²) in [6.07, 6.45) is 0.809. The highest BCUT2D eigenvalue weighted by Crippen LogP contribution is 2.37. The normalized spacial score (nSPS) is 16.7. The van der Waals surface area contributed by atoms with Crippen LogP contribution in [-0.4, -0.2) is 67.4 Å². The third-order valence-corrected chi connectivity index (χ3v) is 8.18. The molecule has 2 heterocycles. The van der Waals surface area contributed by atoms with Crippen molar-refractivity contribution < 1.29 is 23.4 Å². The lowest BCUT2D eigenvalue weighted by Crippen LogP contribution is -2.55. The number of hydrogen-bond donors (Lipinski definition) is 1. The van der Waals surface area contributed by atoms with E-state index in [4.69, 9.17) is 14.2 Å². The first-order valence-corrected chi connectivity index (χ1v) is 14.8. The smallest absolute Gasteiger partial charge is 0.425 e. The first-order chi connectivity index (χ1) is 21.6. The molecule has 0 spiro atoms. The maximum absolute atomic E-state index is 15.4. The van der Waals surface area contributed by atoms with Crippen molar-refractivity contribution in [2.45, 2.75) is 39.8 Å². The van der Waals surface area contributed by atoms with Crippen molar-refractivity contribution in [2.24, 2.45) is 0 Å². The van der Waals surface area contributed by atoms with Gasteiger partial charge in [-0.1, -0.05) is 18.2 Å². The monoisotopic (exact) mass is 614 g/mol. The molecule has 45 heavy (non-hydrogen) atoms. The molecular weight excluding hydrogens is 575 g/mol. The topological polar surface area (TPSA) is 92.3 Å². The van der Waals surface area contributed by atoms with E-state index in [1.54, 1.807) is 43.5 Å². The van der Waals surface area contributed by atoms with Gasteiger partial charge in [-0.05, 0) is 76.2 Å². The maximum Gasteiger partial charge on any atom is 0.425 e. The number of halogens is 1. The maximum atomic E-state index is 15.4. The Balaban J connectivity index is 1.46. The number of nitrogens with zero attached hydrogens (tertiary/aromatic N) is 5. The number of aromatic nitrogens is 2. The molecule has 0 radical (unpaired) electrons. The van der Waals surface area contributed by atoms with E-state index in [0.717, 1.165) is 24.2 Å². The van der Waals surface area contributed by atoms with Gasteiger partial charge < -0.3 is 24.4 Å². The average Bonchev–Trinajstić information content (AvgIpc) is 3.02. The lowest BCUT2D eigenvalue weighted by Gasteiger charge is -2.43. The fraction of sp³-hybridized carbons (Fsp3) is 0.324. The van der Waals surface area contributed by atoms with E-state index < -0.39 is 6.09 Å². The molecule has 5 rings (SSSR count). The summed E-state index contributed by atoms with van der Waals surface area (Å²) in [6.45, 7) is 9.50. The zero-order valence-electron chi connectivity index (χ0n) is 26.7. The predicted octanol–water partition coefficient (Wildman–Crippen LogP) is 6.86. The third kappa shape index (κ3) is 6.78. The van der Waals surface area contributed by atoms with E-state index >= 15 is 4.39 Å². The van der Waals surface area contributed by atoms with Gasteiger partial charge in [0.15, 0.2) is 0 Å². The Morgan fingerprint density at radius 1 is 0.978 bits per heavy atom. The number of hydrogen-bond acceptors (Lipinski definition) is 9.